The Kier molecular flexibility index (Phi) is 4.66. The predicted molar refractivity (Wildman–Crippen MR) is 113 cm³/mol. The van der Waals surface area contributed by atoms with Gasteiger partial charge in [0.25, 0.3) is 0 Å². The van der Waals surface area contributed by atoms with E-state index < -0.39 is 10.0 Å². The number of nitrogens with zero attached hydrogens (tertiary/aromatic N) is 3. The predicted octanol–water partition coefficient (Wildman–Crippen LogP) is 5.15. The van der Waals surface area contributed by atoms with Gasteiger partial charge in [0.1, 0.15) is 11.4 Å². The standard InChI is InChI=1S/C18H16N4O3S3/c1-3-10-7-14(23)12-6-9(2)26-17(12)16(10)21-22-18-20-13-5-4-11(28(19,24)25)8-15(13)27-18/h4-8,23H,3H2,1-2H3,(H2,19,24,25). The molecule has 0 saturated carbocycles. The highest BCUT2D eigenvalue weighted by atomic mass is 32.2. The van der Waals surface area contributed by atoms with Crippen molar-refractivity contribution in [3.63, 3.8) is 0 Å². The summed E-state index contributed by atoms with van der Waals surface area (Å²) in [5.41, 5.74) is 2.25. The van der Waals surface area contributed by atoms with Crippen LogP contribution in [0.3, 0.4) is 0 Å². The van der Waals surface area contributed by atoms with E-state index >= 15 is 0 Å². The normalized spacial score (nSPS) is 12.5. The molecule has 0 amide bonds. The molecular formula is C18H16N4O3S3. The van der Waals surface area contributed by atoms with E-state index in [2.05, 4.69) is 15.2 Å². The summed E-state index contributed by atoms with van der Waals surface area (Å²) in [5, 5.41) is 25.3. The summed E-state index contributed by atoms with van der Waals surface area (Å²) < 4.78 is 24.6. The lowest BCUT2D eigenvalue weighted by molar-refractivity contribution is 0.481. The fourth-order valence-corrected chi connectivity index (χ4v) is 5.40. The Labute approximate surface area is 169 Å². The number of hydrogen-bond donors (Lipinski definition) is 2. The van der Waals surface area contributed by atoms with Crippen LogP contribution in [-0.4, -0.2) is 18.5 Å². The van der Waals surface area contributed by atoms with Gasteiger partial charge < -0.3 is 5.11 Å². The minimum Gasteiger partial charge on any atom is -0.507 e. The van der Waals surface area contributed by atoms with Gasteiger partial charge in [0, 0.05) is 10.3 Å². The van der Waals surface area contributed by atoms with E-state index in [4.69, 9.17) is 5.14 Å². The van der Waals surface area contributed by atoms with Crippen molar-refractivity contribution in [3.05, 3.63) is 40.8 Å². The van der Waals surface area contributed by atoms with Gasteiger partial charge in [-0.3, -0.25) is 0 Å². The minimum absolute atomic E-state index is 0.0368. The van der Waals surface area contributed by atoms with Crippen LogP contribution < -0.4 is 5.14 Å². The lowest BCUT2D eigenvalue weighted by Crippen LogP contribution is -2.11. The van der Waals surface area contributed by atoms with Crippen LogP contribution in [-0.2, 0) is 16.4 Å². The highest BCUT2D eigenvalue weighted by Crippen LogP contribution is 2.42. The number of nitrogens with two attached hydrogens (primary N) is 1. The SMILES string of the molecule is CCc1cc(O)c2cc(C)sc2c1N=Nc1nc2ccc(S(N)(=O)=O)cc2s1. The van der Waals surface area contributed by atoms with E-state index in [0.717, 1.165) is 26.2 Å². The van der Waals surface area contributed by atoms with Crippen LogP contribution in [0, 0.1) is 6.92 Å². The number of aromatic nitrogens is 1. The smallest absolute Gasteiger partial charge is 0.238 e. The van der Waals surface area contributed by atoms with E-state index in [1.807, 2.05) is 19.9 Å². The first-order chi connectivity index (χ1) is 13.3. The second kappa shape index (κ2) is 6.89. The maximum Gasteiger partial charge on any atom is 0.238 e. The summed E-state index contributed by atoms with van der Waals surface area (Å²) in [6.07, 6.45) is 0.701. The highest BCUT2D eigenvalue weighted by Gasteiger charge is 2.14. The summed E-state index contributed by atoms with van der Waals surface area (Å²) in [6, 6.07) is 8.16. The molecule has 0 atom stereocenters. The summed E-state index contributed by atoms with van der Waals surface area (Å²) in [5.74, 6) is 0.241. The molecule has 0 fully saturated rings. The first-order valence-corrected chi connectivity index (χ1v) is 11.5. The molecule has 28 heavy (non-hydrogen) atoms. The number of fused-ring (bicyclic) bond motifs is 2. The molecule has 0 radical (unpaired) electrons. The third-order valence-electron chi connectivity index (χ3n) is 4.26. The summed E-state index contributed by atoms with van der Waals surface area (Å²) in [4.78, 5) is 5.50. The van der Waals surface area contributed by atoms with E-state index in [9.17, 15) is 13.5 Å². The molecule has 2 heterocycles. The number of aryl methyl sites for hydroxylation is 2. The molecule has 10 heteroatoms. The van der Waals surface area contributed by atoms with Crippen molar-refractivity contribution >= 4 is 63.8 Å². The first-order valence-electron chi connectivity index (χ1n) is 8.36. The molecule has 0 unspecified atom stereocenters. The molecule has 144 valence electrons. The van der Waals surface area contributed by atoms with Gasteiger partial charge in [-0.2, -0.15) is 0 Å². The third kappa shape index (κ3) is 3.39. The molecule has 0 aliphatic rings. The molecule has 2 aromatic heterocycles. The van der Waals surface area contributed by atoms with E-state index in [0.29, 0.717) is 21.8 Å². The van der Waals surface area contributed by atoms with Crippen LogP contribution in [0.1, 0.15) is 17.4 Å². The van der Waals surface area contributed by atoms with Crippen molar-refractivity contribution in [2.75, 3.05) is 0 Å². The summed E-state index contributed by atoms with van der Waals surface area (Å²) in [7, 11) is -3.77. The maximum atomic E-state index is 11.5. The molecule has 2 aromatic carbocycles. The lowest BCUT2D eigenvalue weighted by Gasteiger charge is -2.05. The number of hydrogen-bond acceptors (Lipinski definition) is 8. The average molecular weight is 433 g/mol. The zero-order chi connectivity index (χ0) is 20.1. The first kappa shape index (κ1) is 18.9. The van der Waals surface area contributed by atoms with Gasteiger partial charge in [0.05, 0.1) is 19.8 Å². The Morgan fingerprint density at radius 1 is 1.18 bits per heavy atom. The van der Waals surface area contributed by atoms with Gasteiger partial charge in [-0.1, -0.05) is 18.3 Å². The molecule has 0 saturated heterocycles. The van der Waals surface area contributed by atoms with Gasteiger partial charge in [-0.05, 0) is 49.2 Å². The van der Waals surface area contributed by atoms with Crippen LogP contribution in [0.15, 0.2) is 45.5 Å². The monoisotopic (exact) mass is 432 g/mol. The quantitative estimate of drug-likeness (QED) is 0.433. The zero-order valence-electron chi connectivity index (χ0n) is 15.0. The van der Waals surface area contributed by atoms with Crippen molar-refractivity contribution < 1.29 is 13.5 Å². The number of thiazole rings is 1. The van der Waals surface area contributed by atoms with Gasteiger partial charge >= 0.3 is 0 Å². The van der Waals surface area contributed by atoms with Crippen LogP contribution in [0.5, 0.6) is 5.75 Å². The summed E-state index contributed by atoms with van der Waals surface area (Å²) in [6.45, 7) is 3.97. The van der Waals surface area contributed by atoms with Crippen LogP contribution in [0.4, 0.5) is 10.8 Å². The van der Waals surface area contributed by atoms with Gasteiger partial charge in [0.2, 0.25) is 15.2 Å². The second-order valence-corrected chi connectivity index (χ2v) is 10.1. The average Bonchev–Trinajstić information content (AvgIpc) is 3.22. The number of benzene rings is 2. The molecule has 4 aromatic rings. The fourth-order valence-electron chi connectivity index (χ4n) is 2.92. The highest BCUT2D eigenvalue weighted by molar-refractivity contribution is 7.89. The van der Waals surface area contributed by atoms with E-state index in [1.54, 1.807) is 23.5 Å². The molecule has 0 spiro atoms. The zero-order valence-corrected chi connectivity index (χ0v) is 17.5. The Morgan fingerprint density at radius 3 is 2.68 bits per heavy atom. The Balaban J connectivity index is 1.80. The number of aromatic hydroxyl groups is 1. The lowest BCUT2D eigenvalue weighted by atomic mass is 10.1. The van der Waals surface area contributed by atoms with Crippen molar-refractivity contribution in [2.24, 2.45) is 15.4 Å². The van der Waals surface area contributed by atoms with Crippen molar-refractivity contribution in [2.45, 2.75) is 25.2 Å². The van der Waals surface area contributed by atoms with E-state index in [1.165, 1.54) is 23.5 Å². The molecule has 0 bridgehead atoms. The van der Waals surface area contributed by atoms with Gasteiger partial charge in [0.15, 0.2) is 0 Å². The topological polar surface area (TPSA) is 118 Å². The molecule has 0 aliphatic carbocycles. The van der Waals surface area contributed by atoms with Gasteiger partial charge in [-0.25, -0.2) is 18.5 Å². The Hall–Kier alpha value is -2.40. The molecule has 7 nitrogen and oxygen atoms in total. The van der Waals surface area contributed by atoms with Gasteiger partial charge in [-0.15, -0.1) is 21.6 Å². The number of primary sulfonamides is 1. The number of azo groups is 1. The molecule has 0 aliphatic heterocycles. The minimum atomic E-state index is -3.77. The number of phenols is 1. The van der Waals surface area contributed by atoms with Crippen molar-refractivity contribution in [1.29, 1.82) is 0 Å². The van der Waals surface area contributed by atoms with Crippen LogP contribution >= 0.6 is 22.7 Å². The van der Waals surface area contributed by atoms with Crippen LogP contribution in [0.25, 0.3) is 20.3 Å². The number of phenolic OH excluding ortho intramolecular Hbond substituents is 1. The summed E-state index contributed by atoms with van der Waals surface area (Å²) >= 11 is 2.79. The maximum absolute atomic E-state index is 11.5. The number of thiophene rings is 1. The number of rotatable bonds is 4. The van der Waals surface area contributed by atoms with Crippen molar-refractivity contribution in [3.8, 4) is 5.75 Å². The third-order valence-corrected chi connectivity index (χ3v) is 7.13. The van der Waals surface area contributed by atoms with E-state index in [-0.39, 0.29) is 10.6 Å². The molecular weight excluding hydrogens is 416 g/mol. The Bertz CT molecular complexity index is 1350. The fraction of sp³-hybridized carbons (Fsp3) is 0.167. The number of sulfonamides is 1. The van der Waals surface area contributed by atoms with Crippen molar-refractivity contribution in [1.82, 2.24) is 4.98 Å². The second-order valence-electron chi connectivity index (χ2n) is 6.23. The largest absolute Gasteiger partial charge is 0.507 e. The molecule has 4 rings (SSSR count). The van der Waals surface area contributed by atoms with Crippen LogP contribution in [0.2, 0.25) is 0 Å². The molecule has 3 N–H and O–H groups in total. The Morgan fingerprint density at radius 2 is 1.96 bits per heavy atom.